The number of hydrogen-bond donors (Lipinski definition) is 2. The second-order valence-electron chi connectivity index (χ2n) is 5.62. The number of benzene rings is 2. The van der Waals surface area contributed by atoms with Gasteiger partial charge < -0.3 is 15.4 Å². The number of anilines is 2. The molecule has 0 aliphatic heterocycles. The first-order valence-electron chi connectivity index (χ1n) is 8.09. The van der Waals surface area contributed by atoms with Gasteiger partial charge in [0.15, 0.2) is 0 Å². The van der Waals surface area contributed by atoms with Crippen LogP contribution in [0.3, 0.4) is 0 Å². The minimum atomic E-state index is -0.345. The lowest BCUT2D eigenvalue weighted by atomic mass is 10.2. The first-order valence-corrected chi connectivity index (χ1v) is 8.88. The van der Waals surface area contributed by atoms with E-state index in [4.69, 9.17) is 4.74 Å². The van der Waals surface area contributed by atoms with Crippen LogP contribution in [0.4, 0.5) is 11.4 Å². The molecule has 136 valence electrons. The molecule has 0 saturated carbocycles. The van der Waals surface area contributed by atoms with Crippen molar-refractivity contribution in [2.75, 3.05) is 10.6 Å². The second-order valence-corrected chi connectivity index (χ2v) is 6.54. The number of pyridine rings is 1. The van der Waals surface area contributed by atoms with Gasteiger partial charge in [0, 0.05) is 29.0 Å². The van der Waals surface area contributed by atoms with Gasteiger partial charge in [-0.25, -0.2) is 4.98 Å². The van der Waals surface area contributed by atoms with Crippen molar-refractivity contribution in [3.63, 3.8) is 0 Å². The largest absolute Gasteiger partial charge is 0.438 e. The van der Waals surface area contributed by atoms with Crippen LogP contribution in [-0.2, 0) is 4.79 Å². The molecular formula is C20H16BrN3O3. The summed E-state index contributed by atoms with van der Waals surface area (Å²) in [6.07, 6.45) is 1.56. The molecule has 2 amide bonds. The molecule has 0 saturated heterocycles. The van der Waals surface area contributed by atoms with Crippen LogP contribution in [0.2, 0.25) is 0 Å². The number of carbonyl (C=O) groups is 2. The van der Waals surface area contributed by atoms with Crippen LogP contribution < -0.4 is 15.4 Å². The molecule has 3 aromatic rings. The number of nitrogens with zero attached hydrogens (tertiary/aromatic N) is 1. The number of nitrogens with one attached hydrogen (secondary N) is 2. The van der Waals surface area contributed by atoms with Crippen LogP contribution >= 0.6 is 15.9 Å². The van der Waals surface area contributed by atoms with E-state index in [9.17, 15) is 9.59 Å². The highest BCUT2D eigenvalue weighted by Gasteiger charge is 2.14. The zero-order chi connectivity index (χ0) is 19.2. The summed E-state index contributed by atoms with van der Waals surface area (Å²) in [4.78, 5) is 27.9. The van der Waals surface area contributed by atoms with Crippen LogP contribution in [0.1, 0.15) is 17.3 Å². The number of aromatic nitrogens is 1. The first-order chi connectivity index (χ1) is 13.0. The normalized spacial score (nSPS) is 10.1. The molecule has 1 heterocycles. The minimum absolute atomic E-state index is 0.156. The predicted octanol–water partition coefficient (Wildman–Crippen LogP) is 4.85. The first kappa shape index (κ1) is 18.6. The van der Waals surface area contributed by atoms with Gasteiger partial charge in [-0.1, -0.05) is 15.9 Å². The van der Waals surface area contributed by atoms with Gasteiger partial charge in [-0.05, 0) is 60.7 Å². The lowest BCUT2D eigenvalue weighted by Crippen LogP contribution is -2.13. The Morgan fingerprint density at radius 1 is 0.926 bits per heavy atom. The molecule has 0 spiro atoms. The number of halogens is 1. The van der Waals surface area contributed by atoms with Gasteiger partial charge >= 0.3 is 0 Å². The molecule has 7 heteroatoms. The zero-order valence-electron chi connectivity index (χ0n) is 14.4. The van der Waals surface area contributed by atoms with Gasteiger partial charge in [0.25, 0.3) is 5.91 Å². The summed E-state index contributed by atoms with van der Waals surface area (Å²) in [5, 5.41) is 5.47. The Bertz CT molecular complexity index is 957. The molecule has 27 heavy (non-hydrogen) atoms. The fourth-order valence-electron chi connectivity index (χ4n) is 2.30. The maximum absolute atomic E-state index is 12.6. The van der Waals surface area contributed by atoms with E-state index in [-0.39, 0.29) is 17.7 Å². The lowest BCUT2D eigenvalue weighted by molar-refractivity contribution is -0.114. The Hall–Kier alpha value is -3.19. The second kappa shape index (κ2) is 8.46. The van der Waals surface area contributed by atoms with E-state index in [1.165, 1.54) is 6.92 Å². The molecule has 0 radical (unpaired) electrons. The van der Waals surface area contributed by atoms with Crippen molar-refractivity contribution in [3.8, 4) is 11.6 Å². The fourth-order valence-corrected chi connectivity index (χ4v) is 2.56. The molecule has 0 unspecified atom stereocenters. The topological polar surface area (TPSA) is 80.3 Å². The third-order valence-electron chi connectivity index (χ3n) is 3.51. The van der Waals surface area contributed by atoms with Crippen molar-refractivity contribution >= 4 is 39.1 Å². The Balaban J connectivity index is 1.75. The number of ether oxygens (including phenoxy) is 1. The number of hydrogen-bond acceptors (Lipinski definition) is 4. The average molecular weight is 426 g/mol. The number of carbonyl (C=O) groups excluding carboxylic acids is 2. The van der Waals surface area contributed by atoms with Crippen LogP contribution in [0.5, 0.6) is 11.6 Å². The summed E-state index contributed by atoms with van der Waals surface area (Å²) in [5.74, 6) is 0.289. The van der Waals surface area contributed by atoms with Gasteiger partial charge in [-0.3, -0.25) is 9.59 Å². The predicted molar refractivity (Wildman–Crippen MR) is 107 cm³/mol. The van der Waals surface area contributed by atoms with E-state index in [2.05, 4.69) is 31.5 Å². The van der Waals surface area contributed by atoms with Crippen molar-refractivity contribution in [2.45, 2.75) is 6.92 Å². The molecule has 0 bridgehead atoms. The molecule has 3 rings (SSSR count). The monoisotopic (exact) mass is 425 g/mol. The summed E-state index contributed by atoms with van der Waals surface area (Å²) < 4.78 is 6.67. The standard InChI is InChI=1S/C20H16BrN3O3/c1-13(25)23-15-6-8-16(9-7-15)24-19(26)18-3-2-12-22-20(18)27-17-10-4-14(21)5-11-17/h2-12H,1H3,(H,23,25)(H,24,26). The maximum atomic E-state index is 12.6. The van der Waals surface area contributed by atoms with E-state index < -0.39 is 0 Å². The Morgan fingerprint density at radius 2 is 1.56 bits per heavy atom. The van der Waals surface area contributed by atoms with Gasteiger partial charge in [-0.15, -0.1) is 0 Å². The molecule has 0 aliphatic rings. The summed E-state index contributed by atoms with van der Waals surface area (Å²) in [7, 11) is 0. The highest BCUT2D eigenvalue weighted by molar-refractivity contribution is 9.10. The van der Waals surface area contributed by atoms with Gasteiger partial charge in [0.05, 0.1) is 0 Å². The van der Waals surface area contributed by atoms with Crippen molar-refractivity contribution in [3.05, 3.63) is 76.9 Å². The third kappa shape index (κ3) is 5.15. The van der Waals surface area contributed by atoms with E-state index in [0.717, 1.165) is 4.47 Å². The maximum Gasteiger partial charge on any atom is 0.261 e. The van der Waals surface area contributed by atoms with Crippen molar-refractivity contribution in [2.24, 2.45) is 0 Å². The summed E-state index contributed by atoms with van der Waals surface area (Å²) in [5.41, 5.74) is 1.56. The summed E-state index contributed by atoms with van der Waals surface area (Å²) >= 11 is 3.37. The van der Waals surface area contributed by atoms with Gasteiger partial charge in [0.1, 0.15) is 11.3 Å². The SMILES string of the molecule is CC(=O)Nc1ccc(NC(=O)c2cccnc2Oc2ccc(Br)cc2)cc1. The lowest BCUT2D eigenvalue weighted by Gasteiger charge is -2.11. The fraction of sp³-hybridized carbons (Fsp3) is 0.0500. The Kier molecular flexibility index (Phi) is 5.83. The van der Waals surface area contributed by atoms with Crippen molar-refractivity contribution < 1.29 is 14.3 Å². The van der Waals surface area contributed by atoms with E-state index >= 15 is 0 Å². The highest BCUT2D eigenvalue weighted by atomic mass is 79.9. The van der Waals surface area contributed by atoms with Crippen molar-refractivity contribution in [1.82, 2.24) is 4.98 Å². The highest BCUT2D eigenvalue weighted by Crippen LogP contribution is 2.25. The minimum Gasteiger partial charge on any atom is -0.438 e. The van der Waals surface area contributed by atoms with E-state index in [0.29, 0.717) is 22.7 Å². The molecule has 1 aromatic heterocycles. The molecule has 6 nitrogen and oxygen atoms in total. The van der Waals surface area contributed by atoms with E-state index in [1.54, 1.807) is 54.7 Å². The molecule has 2 aromatic carbocycles. The smallest absolute Gasteiger partial charge is 0.261 e. The van der Waals surface area contributed by atoms with Crippen LogP contribution in [0.15, 0.2) is 71.3 Å². The van der Waals surface area contributed by atoms with E-state index in [1.807, 2.05) is 12.1 Å². The Labute approximate surface area is 164 Å². The van der Waals surface area contributed by atoms with Crippen LogP contribution in [-0.4, -0.2) is 16.8 Å². The van der Waals surface area contributed by atoms with Gasteiger partial charge in [-0.2, -0.15) is 0 Å². The third-order valence-corrected chi connectivity index (χ3v) is 4.04. The molecule has 0 fully saturated rings. The quantitative estimate of drug-likeness (QED) is 0.612. The number of amides is 2. The zero-order valence-corrected chi connectivity index (χ0v) is 16.0. The molecule has 0 aliphatic carbocycles. The molecule has 2 N–H and O–H groups in total. The Morgan fingerprint density at radius 3 is 2.19 bits per heavy atom. The summed E-state index contributed by atoms with van der Waals surface area (Å²) in [6, 6.07) is 17.4. The average Bonchev–Trinajstić information content (AvgIpc) is 2.65. The summed E-state index contributed by atoms with van der Waals surface area (Å²) in [6.45, 7) is 1.44. The van der Waals surface area contributed by atoms with Crippen LogP contribution in [0.25, 0.3) is 0 Å². The number of rotatable bonds is 5. The molecular weight excluding hydrogens is 410 g/mol. The van der Waals surface area contributed by atoms with Gasteiger partial charge in [0.2, 0.25) is 11.8 Å². The van der Waals surface area contributed by atoms with Crippen molar-refractivity contribution in [1.29, 1.82) is 0 Å². The van der Waals surface area contributed by atoms with Crippen LogP contribution in [0, 0.1) is 0 Å². The molecule has 0 atom stereocenters.